The summed E-state index contributed by atoms with van der Waals surface area (Å²) in [6.07, 6.45) is -2.73. The van der Waals surface area contributed by atoms with Crippen molar-refractivity contribution in [2.75, 3.05) is 6.54 Å². The largest absolute Gasteiger partial charge is 0.506 e. The minimum atomic E-state index is -1.41. The zero-order chi connectivity index (χ0) is 12.1. The van der Waals surface area contributed by atoms with Gasteiger partial charge in [-0.05, 0) is 33.6 Å². The highest BCUT2D eigenvalue weighted by Gasteiger charge is 2.22. The van der Waals surface area contributed by atoms with Gasteiger partial charge in [0.05, 0.1) is 12.6 Å². The molecule has 0 aliphatic heterocycles. The maximum atomic E-state index is 9.64. The molecule has 1 rings (SSSR count). The van der Waals surface area contributed by atoms with E-state index >= 15 is 0 Å². The number of aromatic hydroxyl groups is 1. The van der Waals surface area contributed by atoms with Gasteiger partial charge in [0.15, 0.2) is 0 Å². The molecule has 3 N–H and O–H groups in total. The highest BCUT2D eigenvalue weighted by atomic mass is 79.9. The first kappa shape index (κ1) is 12.7. The molecule has 16 heavy (non-hydrogen) atoms. The predicted molar refractivity (Wildman–Crippen MR) is 58.6 cm³/mol. The topological polar surface area (TPSA) is 122 Å². The van der Waals surface area contributed by atoms with E-state index in [1.165, 1.54) is 12.1 Å². The van der Waals surface area contributed by atoms with Gasteiger partial charge in [-0.15, -0.1) is 0 Å². The van der Waals surface area contributed by atoms with Crippen molar-refractivity contribution in [1.29, 1.82) is 0 Å². The van der Waals surface area contributed by atoms with Gasteiger partial charge in [0.25, 0.3) is 0 Å². The molecule has 7 nitrogen and oxygen atoms in total. The maximum Gasteiger partial charge on any atom is 0.139 e. The van der Waals surface area contributed by atoms with Gasteiger partial charge in [0.2, 0.25) is 0 Å². The van der Waals surface area contributed by atoms with Crippen LogP contribution in [0.25, 0.3) is 10.4 Å². The van der Waals surface area contributed by atoms with Gasteiger partial charge in [-0.1, -0.05) is 5.11 Å². The summed E-state index contributed by atoms with van der Waals surface area (Å²) in [6.45, 7) is -0.300. The first-order valence-electron chi connectivity index (χ1n) is 4.28. The van der Waals surface area contributed by atoms with Gasteiger partial charge < -0.3 is 15.3 Å². The van der Waals surface area contributed by atoms with E-state index in [4.69, 9.17) is 5.53 Å². The zero-order valence-electron chi connectivity index (χ0n) is 8.02. The molecule has 0 fully saturated rings. The van der Waals surface area contributed by atoms with E-state index in [9.17, 15) is 15.3 Å². The summed E-state index contributed by atoms with van der Waals surface area (Å²) in [5.74, 6) is -0.240. The monoisotopic (exact) mass is 288 g/mol. The van der Waals surface area contributed by atoms with Gasteiger partial charge in [0, 0.05) is 4.91 Å². The van der Waals surface area contributed by atoms with Crippen LogP contribution in [0, 0.1) is 0 Å². The molecule has 0 saturated carbocycles. The van der Waals surface area contributed by atoms with Gasteiger partial charge in [-0.3, -0.25) is 0 Å². The van der Waals surface area contributed by atoms with E-state index in [1.54, 1.807) is 0 Å². The number of rotatable bonds is 4. The van der Waals surface area contributed by atoms with Gasteiger partial charge >= 0.3 is 0 Å². The average Bonchev–Trinajstić information content (AvgIpc) is 2.28. The molecule has 0 aliphatic rings. The molecular formula is C8H9BrN4O3. The molecule has 0 amide bonds. The summed E-state index contributed by atoms with van der Waals surface area (Å²) in [6, 6.07) is 2.82. The van der Waals surface area contributed by atoms with Crippen LogP contribution < -0.4 is 0 Å². The van der Waals surface area contributed by atoms with Crippen LogP contribution in [0.15, 0.2) is 21.9 Å². The third kappa shape index (κ3) is 3.07. The third-order valence-corrected chi connectivity index (χ3v) is 2.29. The molecule has 0 saturated heterocycles. The zero-order valence-corrected chi connectivity index (χ0v) is 9.61. The SMILES string of the molecule is [N-]=[N+]=NCC(O)C(O)c1nc(Br)ccc1O. The van der Waals surface area contributed by atoms with E-state index < -0.39 is 12.2 Å². The Labute approximate surface area is 99.1 Å². The summed E-state index contributed by atoms with van der Waals surface area (Å²) in [4.78, 5) is 6.28. The van der Waals surface area contributed by atoms with Crippen LogP contribution in [0.5, 0.6) is 5.75 Å². The summed E-state index contributed by atoms with van der Waals surface area (Å²) in [7, 11) is 0. The molecule has 0 spiro atoms. The maximum absolute atomic E-state index is 9.64. The molecule has 0 aliphatic carbocycles. The Morgan fingerprint density at radius 1 is 1.50 bits per heavy atom. The Hall–Kier alpha value is -1.34. The number of aliphatic hydroxyl groups is 2. The lowest BCUT2D eigenvalue weighted by Gasteiger charge is -2.16. The van der Waals surface area contributed by atoms with Crippen LogP contribution in [0.2, 0.25) is 0 Å². The fourth-order valence-corrected chi connectivity index (χ4v) is 1.39. The number of hydrogen-bond donors (Lipinski definition) is 3. The first-order valence-corrected chi connectivity index (χ1v) is 5.08. The summed E-state index contributed by atoms with van der Waals surface area (Å²) < 4.78 is 0.412. The van der Waals surface area contributed by atoms with Crippen molar-refractivity contribution in [3.63, 3.8) is 0 Å². The lowest BCUT2D eigenvalue weighted by Crippen LogP contribution is -2.22. The molecule has 1 heterocycles. The van der Waals surface area contributed by atoms with E-state index in [0.29, 0.717) is 4.60 Å². The fraction of sp³-hybridized carbons (Fsp3) is 0.375. The minimum Gasteiger partial charge on any atom is -0.506 e. The molecular weight excluding hydrogens is 280 g/mol. The van der Waals surface area contributed by atoms with Crippen molar-refractivity contribution in [1.82, 2.24) is 4.98 Å². The Morgan fingerprint density at radius 3 is 2.81 bits per heavy atom. The minimum absolute atomic E-state index is 0.0741. The normalized spacial score (nSPS) is 13.9. The van der Waals surface area contributed by atoms with E-state index in [-0.39, 0.29) is 18.0 Å². The van der Waals surface area contributed by atoms with Crippen molar-refractivity contribution in [3.8, 4) is 5.75 Å². The van der Waals surface area contributed by atoms with E-state index in [0.717, 1.165) is 0 Å². The van der Waals surface area contributed by atoms with Crippen LogP contribution >= 0.6 is 15.9 Å². The molecule has 2 unspecified atom stereocenters. The van der Waals surface area contributed by atoms with Gasteiger partial charge in [-0.2, -0.15) is 0 Å². The molecule has 0 bridgehead atoms. The Balaban J connectivity index is 2.90. The lowest BCUT2D eigenvalue weighted by atomic mass is 10.1. The molecule has 0 radical (unpaired) electrons. The van der Waals surface area contributed by atoms with Crippen molar-refractivity contribution in [2.24, 2.45) is 5.11 Å². The number of aliphatic hydroxyl groups excluding tert-OH is 2. The summed E-state index contributed by atoms with van der Waals surface area (Å²) in [5, 5.41) is 31.6. The number of halogens is 1. The van der Waals surface area contributed by atoms with Crippen LogP contribution in [-0.4, -0.2) is 33.0 Å². The average molecular weight is 289 g/mol. The molecule has 86 valence electrons. The summed E-state index contributed by atoms with van der Waals surface area (Å²) in [5.41, 5.74) is 7.99. The molecule has 0 aromatic carbocycles. The first-order chi connectivity index (χ1) is 7.56. The Morgan fingerprint density at radius 2 is 2.19 bits per heavy atom. The second-order valence-electron chi connectivity index (χ2n) is 2.96. The van der Waals surface area contributed by atoms with E-state index in [2.05, 4.69) is 30.9 Å². The quantitative estimate of drug-likeness (QED) is 0.334. The van der Waals surface area contributed by atoms with Crippen molar-refractivity contribution in [2.45, 2.75) is 12.2 Å². The number of aromatic nitrogens is 1. The number of azide groups is 1. The Bertz CT molecular complexity index is 422. The van der Waals surface area contributed by atoms with Crippen molar-refractivity contribution < 1.29 is 15.3 Å². The predicted octanol–water partition coefficient (Wildman–Crippen LogP) is 1.25. The number of nitrogens with zero attached hydrogens (tertiary/aromatic N) is 4. The Kier molecular flexibility index (Phi) is 4.51. The van der Waals surface area contributed by atoms with Crippen LogP contribution in [0.1, 0.15) is 11.8 Å². The second kappa shape index (κ2) is 5.66. The lowest BCUT2D eigenvalue weighted by molar-refractivity contribution is 0.0202. The molecule has 1 aromatic heterocycles. The smallest absolute Gasteiger partial charge is 0.139 e. The number of pyridine rings is 1. The highest BCUT2D eigenvalue weighted by Crippen LogP contribution is 2.26. The van der Waals surface area contributed by atoms with E-state index in [1.807, 2.05) is 0 Å². The third-order valence-electron chi connectivity index (χ3n) is 1.84. The standard InChI is InChI=1S/C8H9BrN4O3/c9-6-2-1-4(14)7(12-6)8(16)5(15)3-11-13-10/h1-2,5,8,14-16H,3H2. The van der Waals surface area contributed by atoms with Crippen LogP contribution in [-0.2, 0) is 0 Å². The molecule has 2 atom stereocenters. The van der Waals surface area contributed by atoms with Crippen molar-refractivity contribution >= 4 is 15.9 Å². The van der Waals surface area contributed by atoms with Crippen molar-refractivity contribution in [3.05, 3.63) is 32.9 Å². The number of hydrogen-bond acceptors (Lipinski definition) is 5. The molecule has 8 heteroatoms. The van der Waals surface area contributed by atoms with Crippen LogP contribution in [0.3, 0.4) is 0 Å². The molecule has 1 aromatic rings. The second-order valence-corrected chi connectivity index (χ2v) is 3.78. The fourth-order valence-electron chi connectivity index (χ4n) is 1.06. The van der Waals surface area contributed by atoms with Crippen LogP contribution in [0.4, 0.5) is 0 Å². The highest BCUT2D eigenvalue weighted by molar-refractivity contribution is 9.10. The van der Waals surface area contributed by atoms with Gasteiger partial charge in [0.1, 0.15) is 22.2 Å². The summed E-state index contributed by atoms with van der Waals surface area (Å²) >= 11 is 3.07. The van der Waals surface area contributed by atoms with Gasteiger partial charge in [-0.25, -0.2) is 4.98 Å².